The summed E-state index contributed by atoms with van der Waals surface area (Å²) in [7, 11) is 1.54. The first-order valence-electron chi connectivity index (χ1n) is 7.72. The van der Waals surface area contributed by atoms with Gasteiger partial charge in [0.1, 0.15) is 0 Å². The molecule has 0 saturated heterocycles. The number of hydrogen-bond acceptors (Lipinski definition) is 1. The highest BCUT2D eigenvalue weighted by Gasteiger charge is 2.26. The van der Waals surface area contributed by atoms with Gasteiger partial charge in [-0.25, -0.2) is 0 Å². The summed E-state index contributed by atoms with van der Waals surface area (Å²) in [5, 5.41) is 5.68. The molecule has 1 aromatic rings. The number of halogens is 3. The van der Waals surface area contributed by atoms with Crippen molar-refractivity contribution in [2.75, 3.05) is 20.1 Å². The van der Waals surface area contributed by atoms with Gasteiger partial charge in [-0.3, -0.25) is 4.99 Å². The van der Waals surface area contributed by atoms with Crippen LogP contribution in [-0.4, -0.2) is 32.3 Å². The van der Waals surface area contributed by atoms with Crippen LogP contribution in [0.2, 0.25) is 0 Å². The minimum Gasteiger partial charge on any atom is -0.356 e. The van der Waals surface area contributed by atoms with E-state index in [1.807, 2.05) is 0 Å². The average molecular weight is 329 g/mol. The van der Waals surface area contributed by atoms with E-state index in [2.05, 4.69) is 60.7 Å². The zero-order valence-corrected chi connectivity index (χ0v) is 14.2. The second-order valence-corrected chi connectivity index (χ2v) is 6.49. The molecule has 0 radical (unpaired) electrons. The van der Waals surface area contributed by atoms with Crippen molar-refractivity contribution in [2.45, 2.75) is 45.2 Å². The molecule has 0 saturated carbocycles. The minimum atomic E-state index is -4.15. The molecule has 1 rings (SSSR count). The van der Waals surface area contributed by atoms with Crippen molar-refractivity contribution in [1.29, 1.82) is 0 Å². The highest BCUT2D eigenvalue weighted by atomic mass is 19.4. The summed E-state index contributed by atoms with van der Waals surface area (Å²) in [5.74, 6) is 0.389. The second kappa shape index (κ2) is 8.22. The molecule has 3 nitrogen and oxygen atoms in total. The maximum atomic E-state index is 12.1. The number of nitrogens with one attached hydrogen (secondary N) is 2. The molecule has 0 amide bonds. The summed E-state index contributed by atoms with van der Waals surface area (Å²) in [5.41, 5.74) is 2.58. The molecule has 0 heterocycles. The minimum absolute atomic E-state index is 0.126. The smallest absolute Gasteiger partial charge is 0.356 e. The molecule has 0 aromatic heterocycles. The van der Waals surface area contributed by atoms with Crippen LogP contribution in [-0.2, 0) is 11.8 Å². The van der Waals surface area contributed by atoms with Gasteiger partial charge < -0.3 is 10.6 Å². The molecule has 0 spiro atoms. The molecule has 0 aliphatic heterocycles. The average Bonchev–Trinajstić information content (AvgIpc) is 2.44. The zero-order chi connectivity index (χ0) is 17.5. The first-order chi connectivity index (χ1) is 10.6. The first-order valence-corrected chi connectivity index (χ1v) is 7.72. The maximum absolute atomic E-state index is 12.1. The fourth-order valence-electron chi connectivity index (χ4n) is 2.04. The molecular formula is C17H26F3N3. The van der Waals surface area contributed by atoms with Crippen molar-refractivity contribution in [3.05, 3.63) is 35.4 Å². The van der Waals surface area contributed by atoms with Crippen LogP contribution in [0.25, 0.3) is 0 Å². The van der Waals surface area contributed by atoms with Gasteiger partial charge in [0.2, 0.25) is 0 Å². The Balaban J connectivity index is 2.37. The van der Waals surface area contributed by atoms with Gasteiger partial charge in [-0.1, -0.05) is 45.0 Å². The van der Waals surface area contributed by atoms with E-state index in [-0.39, 0.29) is 12.0 Å². The quantitative estimate of drug-likeness (QED) is 0.639. The number of rotatable bonds is 5. The topological polar surface area (TPSA) is 36.4 Å². The van der Waals surface area contributed by atoms with Crippen molar-refractivity contribution >= 4 is 5.96 Å². The predicted molar refractivity (Wildman–Crippen MR) is 88.9 cm³/mol. The van der Waals surface area contributed by atoms with Crippen LogP contribution in [0, 0.1) is 0 Å². The first kappa shape index (κ1) is 19.3. The van der Waals surface area contributed by atoms with Crippen LogP contribution in [0.15, 0.2) is 29.3 Å². The number of benzene rings is 1. The molecule has 130 valence electrons. The Kier molecular flexibility index (Phi) is 6.91. The van der Waals surface area contributed by atoms with Crippen LogP contribution in [0.5, 0.6) is 0 Å². The largest absolute Gasteiger partial charge is 0.390 e. The van der Waals surface area contributed by atoms with E-state index in [0.29, 0.717) is 12.5 Å². The molecule has 23 heavy (non-hydrogen) atoms. The molecule has 2 N–H and O–H groups in total. The Morgan fingerprint density at radius 1 is 1.00 bits per heavy atom. The third kappa shape index (κ3) is 7.90. The third-order valence-electron chi connectivity index (χ3n) is 3.45. The van der Waals surface area contributed by atoms with Crippen LogP contribution < -0.4 is 10.6 Å². The van der Waals surface area contributed by atoms with Crippen molar-refractivity contribution in [1.82, 2.24) is 10.6 Å². The monoisotopic (exact) mass is 329 g/mol. The highest BCUT2D eigenvalue weighted by Crippen LogP contribution is 2.22. The summed E-state index contributed by atoms with van der Waals surface area (Å²) in [6.45, 7) is 6.94. The molecule has 0 unspecified atom stereocenters. The van der Waals surface area contributed by atoms with Crippen LogP contribution in [0.4, 0.5) is 13.2 Å². The molecule has 0 fully saturated rings. The lowest BCUT2D eigenvalue weighted by molar-refractivity contribution is -0.132. The molecular weight excluding hydrogens is 303 g/mol. The standard InChI is InChI=1S/C17H26F3N3/c1-16(2,3)14-7-5-13(6-8-14)9-11-22-15(21-4)23-12-10-17(18,19)20/h5-8H,9-12H2,1-4H3,(H2,21,22,23). The summed E-state index contributed by atoms with van der Waals surface area (Å²) < 4.78 is 36.3. The van der Waals surface area contributed by atoms with Crippen molar-refractivity contribution in [3.8, 4) is 0 Å². The lowest BCUT2D eigenvalue weighted by atomic mass is 9.86. The number of hydrogen-bond donors (Lipinski definition) is 2. The second-order valence-electron chi connectivity index (χ2n) is 6.49. The molecule has 6 heteroatoms. The normalized spacial score (nSPS) is 13.1. The lowest BCUT2D eigenvalue weighted by Crippen LogP contribution is -2.39. The van der Waals surface area contributed by atoms with E-state index in [1.165, 1.54) is 11.1 Å². The SMILES string of the molecule is CN=C(NCCc1ccc(C(C)(C)C)cc1)NCCC(F)(F)F. The number of guanidine groups is 1. The van der Waals surface area contributed by atoms with Crippen molar-refractivity contribution < 1.29 is 13.2 Å². The molecule has 0 aliphatic carbocycles. The summed E-state index contributed by atoms with van der Waals surface area (Å²) >= 11 is 0. The third-order valence-corrected chi connectivity index (χ3v) is 3.45. The van der Waals surface area contributed by atoms with Gasteiger partial charge in [0.05, 0.1) is 6.42 Å². The van der Waals surface area contributed by atoms with E-state index in [0.717, 1.165) is 6.42 Å². The van der Waals surface area contributed by atoms with E-state index in [4.69, 9.17) is 0 Å². The number of alkyl halides is 3. The van der Waals surface area contributed by atoms with Gasteiger partial charge in [-0.2, -0.15) is 13.2 Å². The van der Waals surface area contributed by atoms with Crippen LogP contribution >= 0.6 is 0 Å². The molecule has 0 bridgehead atoms. The van der Waals surface area contributed by atoms with Gasteiger partial charge in [0, 0.05) is 20.1 Å². The molecule has 0 aliphatic rings. The fourth-order valence-corrected chi connectivity index (χ4v) is 2.04. The number of aliphatic imine (C=N–C) groups is 1. The number of nitrogens with zero attached hydrogens (tertiary/aromatic N) is 1. The van der Waals surface area contributed by atoms with Crippen molar-refractivity contribution in [2.24, 2.45) is 4.99 Å². The van der Waals surface area contributed by atoms with Crippen LogP contribution in [0.1, 0.15) is 38.3 Å². The highest BCUT2D eigenvalue weighted by molar-refractivity contribution is 5.79. The Morgan fingerprint density at radius 3 is 2.04 bits per heavy atom. The lowest BCUT2D eigenvalue weighted by Gasteiger charge is -2.19. The predicted octanol–water partition coefficient (Wildman–Crippen LogP) is 3.64. The Labute approximate surface area is 136 Å². The summed E-state index contributed by atoms with van der Waals surface area (Å²) in [4.78, 5) is 3.91. The van der Waals surface area contributed by atoms with E-state index in [1.54, 1.807) is 7.05 Å². The van der Waals surface area contributed by atoms with Gasteiger partial charge in [-0.05, 0) is 23.0 Å². The fraction of sp³-hybridized carbons (Fsp3) is 0.588. The van der Waals surface area contributed by atoms with E-state index in [9.17, 15) is 13.2 Å². The van der Waals surface area contributed by atoms with E-state index < -0.39 is 12.6 Å². The Bertz CT molecular complexity index is 499. The zero-order valence-electron chi connectivity index (χ0n) is 14.2. The molecule has 0 atom stereocenters. The Hall–Kier alpha value is -1.72. The van der Waals surface area contributed by atoms with Gasteiger partial charge in [-0.15, -0.1) is 0 Å². The molecule has 1 aromatic carbocycles. The summed E-state index contributed by atoms with van der Waals surface area (Å²) in [6.07, 6.45) is -4.24. The summed E-state index contributed by atoms with van der Waals surface area (Å²) in [6, 6.07) is 8.40. The van der Waals surface area contributed by atoms with E-state index >= 15 is 0 Å². The van der Waals surface area contributed by atoms with Gasteiger partial charge in [0.25, 0.3) is 0 Å². The van der Waals surface area contributed by atoms with Crippen molar-refractivity contribution in [3.63, 3.8) is 0 Å². The van der Waals surface area contributed by atoms with Crippen LogP contribution in [0.3, 0.4) is 0 Å². The Morgan fingerprint density at radius 2 is 1.57 bits per heavy atom. The maximum Gasteiger partial charge on any atom is 0.390 e. The van der Waals surface area contributed by atoms with Gasteiger partial charge in [0.15, 0.2) is 5.96 Å². The van der Waals surface area contributed by atoms with Gasteiger partial charge >= 0.3 is 6.18 Å².